The van der Waals surface area contributed by atoms with Gasteiger partial charge in [0.2, 0.25) is 0 Å². The van der Waals surface area contributed by atoms with Gasteiger partial charge in [-0.1, -0.05) is 235 Å². The molecule has 0 aliphatic carbocycles. The molecule has 0 amide bonds. The zero-order chi connectivity index (χ0) is 40.5. The quantitative estimate of drug-likeness (QED) is 0.0380. The zero-order valence-electron chi connectivity index (χ0n) is 37.4. The fraction of sp³-hybridized carbons (Fsp3) is 0.788. The molecule has 0 bridgehead atoms. The molecule has 0 saturated carbocycles. The van der Waals surface area contributed by atoms with E-state index in [-0.39, 0.29) is 12.6 Å². The summed E-state index contributed by atoms with van der Waals surface area (Å²) in [5, 5.41) is 9.64. The van der Waals surface area contributed by atoms with Crippen molar-refractivity contribution in [3.05, 3.63) is 60.8 Å². The van der Waals surface area contributed by atoms with Crippen molar-refractivity contribution in [1.82, 2.24) is 0 Å². The van der Waals surface area contributed by atoms with Crippen LogP contribution in [-0.4, -0.2) is 37.0 Å². The lowest BCUT2D eigenvalue weighted by molar-refractivity contribution is -0.154. The van der Waals surface area contributed by atoms with Crippen LogP contribution in [0.2, 0.25) is 0 Å². The summed E-state index contributed by atoms with van der Waals surface area (Å²) in [5.41, 5.74) is 0. The van der Waals surface area contributed by atoms with Gasteiger partial charge in [0.05, 0.1) is 13.2 Å². The predicted octanol–water partition coefficient (Wildman–Crippen LogP) is 16.4. The van der Waals surface area contributed by atoms with Gasteiger partial charge in [-0.05, 0) is 57.8 Å². The summed E-state index contributed by atoms with van der Waals surface area (Å²) >= 11 is 0. The molecule has 0 aromatic carbocycles. The van der Waals surface area contributed by atoms with E-state index in [1.165, 1.54) is 167 Å². The highest BCUT2D eigenvalue weighted by molar-refractivity contribution is 5.69. The maximum Gasteiger partial charge on any atom is 0.306 e. The van der Waals surface area contributed by atoms with E-state index >= 15 is 0 Å². The Labute approximate surface area is 349 Å². The summed E-state index contributed by atoms with van der Waals surface area (Å²) < 4.78 is 11.2. The van der Waals surface area contributed by atoms with E-state index in [4.69, 9.17) is 9.47 Å². The number of hydrogen-bond acceptors (Lipinski definition) is 4. The van der Waals surface area contributed by atoms with Gasteiger partial charge in [0.25, 0.3) is 0 Å². The first kappa shape index (κ1) is 54.1. The SMILES string of the molecule is CC/C=C\C/C=C\C/C=C\C/C=C\C/C=C\CCCCCCCCCCOCC(CO)OC(=O)CCCCCCCCCCCCCCCCCCCCCC. The van der Waals surface area contributed by atoms with Gasteiger partial charge in [-0.2, -0.15) is 0 Å². The van der Waals surface area contributed by atoms with E-state index in [0.717, 1.165) is 51.4 Å². The van der Waals surface area contributed by atoms with Gasteiger partial charge >= 0.3 is 5.97 Å². The second kappa shape index (κ2) is 49.2. The molecule has 0 aromatic heterocycles. The van der Waals surface area contributed by atoms with Crippen LogP contribution >= 0.6 is 0 Å². The van der Waals surface area contributed by atoms with Crippen LogP contribution in [0.3, 0.4) is 0 Å². The minimum atomic E-state index is -0.540. The molecular weight excluding hydrogens is 689 g/mol. The van der Waals surface area contributed by atoms with E-state index in [0.29, 0.717) is 19.6 Å². The molecule has 0 aliphatic heterocycles. The molecule has 1 atom stereocenters. The third-order valence-electron chi connectivity index (χ3n) is 10.6. The topological polar surface area (TPSA) is 55.8 Å². The van der Waals surface area contributed by atoms with E-state index in [2.05, 4.69) is 74.6 Å². The average Bonchev–Trinajstić information content (AvgIpc) is 3.20. The summed E-state index contributed by atoms with van der Waals surface area (Å²) in [6.07, 6.45) is 65.9. The molecule has 0 radical (unpaired) electrons. The minimum absolute atomic E-state index is 0.175. The number of aliphatic hydroxyl groups excluding tert-OH is 1. The first-order valence-corrected chi connectivity index (χ1v) is 24.4. The lowest BCUT2D eigenvalue weighted by atomic mass is 10.0. The first-order valence-electron chi connectivity index (χ1n) is 24.4. The third kappa shape index (κ3) is 46.5. The number of rotatable bonds is 45. The molecule has 0 fully saturated rings. The van der Waals surface area contributed by atoms with Crippen LogP contribution in [-0.2, 0) is 14.3 Å². The second-order valence-electron chi connectivity index (χ2n) is 16.2. The molecule has 0 saturated heterocycles. The number of ether oxygens (including phenoxy) is 2. The highest BCUT2D eigenvalue weighted by atomic mass is 16.6. The minimum Gasteiger partial charge on any atom is -0.457 e. The number of esters is 1. The van der Waals surface area contributed by atoms with Crippen molar-refractivity contribution < 1.29 is 19.4 Å². The molecule has 1 unspecified atom stereocenters. The summed E-state index contributed by atoms with van der Waals surface area (Å²) in [5.74, 6) is -0.201. The Morgan fingerprint density at radius 2 is 0.804 bits per heavy atom. The largest absolute Gasteiger partial charge is 0.457 e. The van der Waals surface area contributed by atoms with Crippen molar-refractivity contribution >= 4 is 5.97 Å². The summed E-state index contributed by atoms with van der Waals surface area (Å²) in [6, 6.07) is 0. The number of aliphatic hydroxyl groups is 1. The second-order valence-corrected chi connectivity index (χ2v) is 16.2. The van der Waals surface area contributed by atoms with Crippen LogP contribution in [0.1, 0.15) is 239 Å². The van der Waals surface area contributed by atoms with Crippen LogP contribution in [0.4, 0.5) is 0 Å². The molecule has 326 valence electrons. The van der Waals surface area contributed by atoms with E-state index in [1.54, 1.807) is 0 Å². The van der Waals surface area contributed by atoms with Crippen molar-refractivity contribution in [3.63, 3.8) is 0 Å². The molecular formula is C52H94O4. The number of carbonyl (C=O) groups excluding carboxylic acids is 1. The van der Waals surface area contributed by atoms with Gasteiger partial charge < -0.3 is 14.6 Å². The van der Waals surface area contributed by atoms with E-state index in [9.17, 15) is 9.90 Å². The molecule has 0 spiro atoms. The maximum atomic E-state index is 12.3. The molecule has 0 rings (SSSR count). The Kier molecular flexibility index (Phi) is 47.6. The smallest absolute Gasteiger partial charge is 0.306 e. The molecule has 0 heterocycles. The van der Waals surface area contributed by atoms with E-state index in [1.807, 2.05) is 0 Å². The molecule has 4 nitrogen and oxygen atoms in total. The summed E-state index contributed by atoms with van der Waals surface area (Å²) in [7, 11) is 0. The van der Waals surface area contributed by atoms with Gasteiger partial charge in [-0.25, -0.2) is 0 Å². The van der Waals surface area contributed by atoms with Crippen molar-refractivity contribution in [2.75, 3.05) is 19.8 Å². The Morgan fingerprint density at radius 3 is 1.21 bits per heavy atom. The molecule has 0 aliphatic rings. The lowest BCUT2D eigenvalue weighted by Crippen LogP contribution is -2.27. The Balaban J connectivity index is 3.43. The molecule has 1 N–H and O–H groups in total. The summed E-state index contributed by atoms with van der Waals surface area (Å²) in [6.45, 7) is 5.24. The number of hydrogen-bond donors (Lipinski definition) is 1. The highest BCUT2D eigenvalue weighted by Crippen LogP contribution is 2.16. The molecule has 56 heavy (non-hydrogen) atoms. The molecule has 0 aromatic rings. The van der Waals surface area contributed by atoms with Crippen molar-refractivity contribution in [2.24, 2.45) is 0 Å². The Morgan fingerprint density at radius 1 is 0.446 bits per heavy atom. The van der Waals surface area contributed by atoms with Gasteiger partial charge in [0, 0.05) is 13.0 Å². The van der Waals surface area contributed by atoms with Crippen LogP contribution < -0.4 is 0 Å². The number of unbranched alkanes of at least 4 members (excludes halogenated alkanes) is 27. The van der Waals surface area contributed by atoms with Gasteiger partial charge in [-0.3, -0.25) is 4.79 Å². The van der Waals surface area contributed by atoms with Gasteiger partial charge in [-0.15, -0.1) is 0 Å². The van der Waals surface area contributed by atoms with E-state index < -0.39 is 6.10 Å². The standard InChI is InChI=1S/C52H94O4/c1-3-5-7-9-11-13-15-17-19-21-23-25-26-27-28-30-32-34-36-38-40-42-44-46-48-55-50-51(49-53)56-52(54)47-45-43-41-39-37-35-33-31-29-24-22-20-18-16-14-12-10-8-6-4-2/h5,7,11,13,17,19,23,25,27-28,51,53H,3-4,6,8-10,12,14-16,18,20-22,24,26,29-50H2,1-2H3/b7-5-,13-11-,19-17-,25-23-,28-27-. The summed E-state index contributed by atoms with van der Waals surface area (Å²) in [4.78, 5) is 12.3. The molecule has 4 heteroatoms. The monoisotopic (exact) mass is 783 g/mol. The van der Waals surface area contributed by atoms with Crippen molar-refractivity contribution in [1.29, 1.82) is 0 Å². The average molecular weight is 783 g/mol. The Bertz CT molecular complexity index is 916. The fourth-order valence-corrected chi connectivity index (χ4v) is 7.00. The fourth-order valence-electron chi connectivity index (χ4n) is 7.00. The highest BCUT2D eigenvalue weighted by Gasteiger charge is 2.13. The predicted molar refractivity (Wildman–Crippen MR) is 246 cm³/mol. The van der Waals surface area contributed by atoms with Gasteiger partial charge in [0.15, 0.2) is 0 Å². The van der Waals surface area contributed by atoms with Crippen molar-refractivity contribution in [2.45, 2.75) is 245 Å². The van der Waals surface area contributed by atoms with Crippen LogP contribution in [0.5, 0.6) is 0 Å². The van der Waals surface area contributed by atoms with Crippen LogP contribution in [0.15, 0.2) is 60.8 Å². The van der Waals surface area contributed by atoms with Crippen LogP contribution in [0, 0.1) is 0 Å². The number of allylic oxidation sites excluding steroid dienone is 10. The van der Waals surface area contributed by atoms with Gasteiger partial charge in [0.1, 0.15) is 6.10 Å². The van der Waals surface area contributed by atoms with Crippen LogP contribution in [0.25, 0.3) is 0 Å². The third-order valence-corrected chi connectivity index (χ3v) is 10.6. The maximum absolute atomic E-state index is 12.3. The Hall–Kier alpha value is -1.91. The lowest BCUT2D eigenvalue weighted by Gasteiger charge is -2.16. The van der Waals surface area contributed by atoms with Crippen molar-refractivity contribution in [3.8, 4) is 0 Å². The normalized spacial score (nSPS) is 12.8. The first-order chi connectivity index (χ1) is 27.7. The zero-order valence-corrected chi connectivity index (χ0v) is 37.4. The number of carbonyl (C=O) groups is 1.